The number of rotatable bonds is 5. The predicted octanol–water partition coefficient (Wildman–Crippen LogP) is 12.8. The zero-order chi connectivity index (χ0) is 32.3. The van der Waals surface area contributed by atoms with Crippen molar-refractivity contribution in [2.24, 2.45) is 0 Å². The molecule has 10 rings (SSSR count). The van der Waals surface area contributed by atoms with Gasteiger partial charge in [-0.1, -0.05) is 109 Å². The Bertz CT molecular complexity index is 2630. The molecule has 1 aliphatic rings. The lowest BCUT2D eigenvalue weighted by molar-refractivity contribution is 1.18. The molecule has 0 saturated carbocycles. The maximum atomic E-state index is 3.69. The van der Waals surface area contributed by atoms with Crippen LogP contribution in [0, 0.1) is 0 Å². The van der Waals surface area contributed by atoms with E-state index in [4.69, 9.17) is 0 Å². The number of hydrogen-bond acceptors (Lipinski definition) is 2. The van der Waals surface area contributed by atoms with E-state index in [1.165, 1.54) is 60.5 Å². The Balaban J connectivity index is 1.17. The van der Waals surface area contributed by atoms with Crippen LogP contribution in [0.15, 0.2) is 182 Å². The largest absolute Gasteiger partial charge is 0.354 e. The molecular weight excluding hydrogens is 595 g/mol. The average Bonchev–Trinajstić information content (AvgIpc) is 3.49. The Morgan fingerprint density at radius 1 is 0.408 bits per heavy atom. The van der Waals surface area contributed by atoms with Crippen molar-refractivity contribution in [3.8, 4) is 27.9 Å². The van der Waals surface area contributed by atoms with Crippen molar-refractivity contribution in [3.05, 3.63) is 182 Å². The number of hydrogen-bond donors (Lipinski definition) is 1. The van der Waals surface area contributed by atoms with Gasteiger partial charge in [0, 0.05) is 55.8 Å². The van der Waals surface area contributed by atoms with E-state index in [2.05, 4.69) is 197 Å². The summed E-state index contributed by atoms with van der Waals surface area (Å²) in [6, 6.07) is 65.7. The molecule has 230 valence electrons. The molecule has 0 bridgehead atoms. The van der Waals surface area contributed by atoms with Gasteiger partial charge in [-0.3, -0.25) is 0 Å². The highest BCUT2D eigenvalue weighted by atomic mass is 15.1. The first-order chi connectivity index (χ1) is 24.3. The fraction of sp³-hybridized carbons (Fsp3) is 0. The highest BCUT2D eigenvalue weighted by Crippen LogP contribution is 2.46. The molecule has 0 saturated heterocycles. The van der Waals surface area contributed by atoms with E-state index in [1.54, 1.807) is 0 Å². The molecule has 0 atom stereocenters. The van der Waals surface area contributed by atoms with Crippen LogP contribution in [-0.2, 0) is 0 Å². The third-order valence-corrected chi connectivity index (χ3v) is 9.87. The Hall–Kier alpha value is -6.58. The summed E-state index contributed by atoms with van der Waals surface area (Å²) in [5, 5.41) is 8.69. The topological polar surface area (TPSA) is 20.2 Å². The standard InChI is InChI=1S/C46H31N3/c1-4-14-34(15-5-1)48(35-16-6-2-7-17-35)37-24-26-39-38-25-22-33(29-44(38)49(45(39)30-37)36-18-8-3-9-19-36)32-23-27-42-41(28-32)40-20-10-12-31-13-11-21-43(47-42)46(31)40/h1-30,47H. The van der Waals surface area contributed by atoms with Crippen LogP contribution in [0.3, 0.4) is 0 Å². The van der Waals surface area contributed by atoms with Crippen LogP contribution in [0.1, 0.15) is 0 Å². The van der Waals surface area contributed by atoms with E-state index in [0.29, 0.717) is 0 Å². The number of para-hydroxylation sites is 3. The predicted molar refractivity (Wildman–Crippen MR) is 207 cm³/mol. The smallest absolute Gasteiger partial charge is 0.0561 e. The molecule has 0 fully saturated rings. The molecule has 9 aromatic rings. The molecule has 3 nitrogen and oxygen atoms in total. The highest BCUT2D eigenvalue weighted by Gasteiger charge is 2.20. The van der Waals surface area contributed by atoms with Gasteiger partial charge in [-0.05, 0) is 94.9 Å². The van der Waals surface area contributed by atoms with Gasteiger partial charge >= 0.3 is 0 Å². The first-order valence-corrected chi connectivity index (χ1v) is 16.8. The van der Waals surface area contributed by atoms with Crippen molar-refractivity contribution in [3.63, 3.8) is 0 Å². The lowest BCUT2D eigenvalue weighted by Gasteiger charge is -2.25. The minimum absolute atomic E-state index is 1.11. The molecule has 1 aliphatic heterocycles. The third kappa shape index (κ3) is 4.44. The molecule has 3 heteroatoms. The van der Waals surface area contributed by atoms with Crippen LogP contribution in [0.4, 0.5) is 28.4 Å². The first-order valence-electron chi connectivity index (χ1n) is 16.8. The summed E-state index contributed by atoms with van der Waals surface area (Å²) in [6.07, 6.45) is 0. The SMILES string of the molecule is c1ccc(N(c2ccccc2)c2ccc3c4ccc(-c5ccc6c(c5)-c5cccc7cccc(c57)N6)cc4n(-c4ccccc4)c3c2)cc1. The van der Waals surface area contributed by atoms with Gasteiger partial charge < -0.3 is 14.8 Å². The van der Waals surface area contributed by atoms with Crippen molar-refractivity contribution in [1.29, 1.82) is 0 Å². The summed E-state index contributed by atoms with van der Waals surface area (Å²) in [5.41, 5.74) is 14.1. The molecule has 1 aromatic heterocycles. The third-order valence-electron chi connectivity index (χ3n) is 9.87. The summed E-state index contributed by atoms with van der Waals surface area (Å²) in [7, 11) is 0. The van der Waals surface area contributed by atoms with Crippen molar-refractivity contribution < 1.29 is 0 Å². The van der Waals surface area contributed by atoms with Crippen molar-refractivity contribution >= 4 is 61.0 Å². The van der Waals surface area contributed by atoms with E-state index in [-0.39, 0.29) is 0 Å². The molecule has 49 heavy (non-hydrogen) atoms. The monoisotopic (exact) mass is 625 g/mol. The van der Waals surface area contributed by atoms with Crippen molar-refractivity contribution in [2.75, 3.05) is 10.2 Å². The summed E-state index contributed by atoms with van der Waals surface area (Å²) in [6.45, 7) is 0. The van der Waals surface area contributed by atoms with Crippen LogP contribution in [0.5, 0.6) is 0 Å². The normalized spacial score (nSPS) is 11.8. The van der Waals surface area contributed by atoms with Crippen molar-refractivity contribution in [1.82, 2.24) is 4.57 Å². The van der Waals surface area contributed by atoms with E-state index >= 15 is 0 Å². The number of anilines is 5. The Morgan fingerprint density at radius 3 is 1.76 bits per heavy atom. The van der Waals surface area contributed by atoms with E-state index < -0.39 is 0 Å². The second-order valence-electron chi connectivity index (χ2n) is 12.7. The van der Waals surface area contributed by atoms with Crippen molar-refractivity contribution in [2.45, 2.75) is 0 Å². The van der Waals surface area contributed by atoms with Gasteiger partial charge in [-0.25, -0.2) is 0 Å². The lowest BCUT2D eigenvalue weighted by Crippen LogP contribution is -2.09. The Morgan fingerprint density at radius 2 is 1.02 bits per heavy atom. The molecule has 0 unspecified atom stereocenters. The second kappa shape index (κ2) is 11.0. The summed E-state index contributed by atoms with van der Waals surface area (Å²) >= 11 is 0. The fourth-order valence-electron chi connectivity index (χ4n) is 7.65. The number of nitrogens with zero attached hydrogens (tertiary/aromatic N) is 2. The Labute approximate surface area is 284 Å². The molecule has 0 aliphatic carbocycles. The van der Waals surface area contributed by atoms with E-state index in [0.717, 1.165) is 28.4 Å². The van der Waals surface area contributed by atoms with Gasteiger partial charge in [-0.2, -0.15) is 0 Å². The molecule has 0 spiro atoms. The van der Waals surface area contributed by atoms with Gasteiger partial charge in [-0.15, -0.1) is 0 Å². The molecule has 0 amide bonds. The molecule has 2 heterocycles. The average molecular weight is 626 g/mol. The zero-order valence-corrected chi connectivity index (χ0v) is 26.7. The van der Waals surface area contributed by atoms with Gasteiger partial charge in [0.15, 0.2) is 0 Å². The molecular formula is C46H31N3. The van der Waals surface area contributed by atoms with Gasteiger partial charge in [0.2, 0.25) is 0 Å². The molecule has 1 N–H and O–H groups in total. The van der Waals surface area contributed by atoms with Gasteiger partial charge in [0.05, 0.1) is 11.0 Å². The summed E-state index contributed by atoms with van der Waals surface area (Å²) in [5.74, 6) is 0. The Kier molecular flexibility index (Phi) is 6.18. The maximum Gasteiger partial charge on any atom is 0.0561 e. The van der Waals surface area contributed by atoms with E-state index in [9.17, 15) is 0 Å². The number of fused-ring (bicyclic) bond motifs is 5. The van der Waals surface area contributed by atoms with Crippen LogP contribution < -0.4 is 10.2 Å². The molecule has 8 aromatic carbocycles. The lowest BCUT2D eigenvalue weighted by atomic mass is 9.90. The first kappa shape index (κ1) is 27.5. The van der Waals surface area contributed by atoms with Crippen LogP contribution in [0.2, 0.25) is 0 Å². The second-order valence-corrected chi connectivity index (χ2v) is 12.7. The van der Waals surface area contributed by atoms with Crippen LogP contribution in [-0.4, -0.2) is 4.57 Å². The van der Waals surface area contributed by atoms with Crippen LogP contribution in [0.25, 0.3) is 60.5 Å². The minimum atomic E-state index is 1.11. The quantitative estimate of drug-likeness (QED) is 0.205. The highest BCUT2D eigenvalue weighted by molar-refractivity contribution is 6.13. The van der Waals surface area contributed by atoms with Crippen LogP contribution >= 0.6 is 0 Å². The van der Waals surface area contributed by atoms with E-state index in [1.807, 2.05) is 0 Å². The maximum absolute atomic E-state index is 3.69. The number of aromatic nitrogens is 1. The van der Waals surface area contributed by atoms with Gasteiger partial charge in [0.25, 0.3) is 0 Å². The van der Waals surface area contributed by atoms with Gasteiger partial charge in [0.1, 0.15) is 0 Å². The zero-order valence-electron chi connectivity index (χ0n) is 26.7. The number of benzene rings is 8. The molecule has 0 radical (unpaired) electrons. The number of nitrogens with one attached hydrogen (secondary N) is 1. The fourth-order valence-corrected chi connectivity index (χ4v) is 7.65. The summed E-state index contributed by atoms with van der Waals surface area (Å²) < 4.78 is 2.42. The minimum Gasteiger partial charge on any atom is -0.354 e. The summed E-state index contributed by atoms with van der Waals surface area (Å²) in [4.78, 5) is 2.33.